The van der Waals surface area contributed by atoms with Crippen LogP contribution in [0.25, 0.3) is 0 Å². The maximum absolute atomic E-state index is 5.40. The zero-order valence-corrected chi connectivity index (χ0v) is 13.3. The first-order valence-corrected chi connectivity index (χ1v) is 7.72. The Kier molecular flexibility index (Phi) is 5.15. The number of thiazole rings is 1. The summed E-state index contributed by atoms with van der Waals surface area (Å²) >= 11 is 1.75. The van der Waals surface area contributed by atoms with E-state index in [1.807, 2.05) is 18.3 Å². The Morgan fingerprint density at radius 1 is 1.30 bits per heavy atom. The number of aryl methyl sites for hydroxylation is 1. The van der Waals surface area contributed by atoms with Crippen molar-refractivity contribution >= 4 is 11.3 Å². The van der Waals surface area contributed by atoms with Crippen molar-refractivity contribution in [2.24, 2.45) is 0 Å². The Morgan fingerprint density at radius 3 is 2.70 bits per heavy atom. The lowest BCUT2D eigenvalue weighted by atomic mass is 10.1. The van der Waals surface area contributed by atoms with Crippen LogP contribution in [0.5, 0.6) is 5.75 Å². The van der Waals surface area contributed by atoms with Gasteiger partial charge in [0.25, 0.3) is 0 Å². The fourth-order valence-electron chi connectivity index (χ4n) is 2.33. The highest BCUT2D eigenvalue weighted by Gasteiger charge is 2.14. The Hall–Kier alpha value is -1.39. The summed E-state index contributed by atoms with van der Waals surface area (Å²) in [6, 6.07) is 8.83. The molecule has 3 nitrogen and oxygen atoms in total. The predicted molar refractivity (Wildman–Crippen MR) is 84.6 cm³/mol. The normalized spacial score (nSPS) is 14.0. The molecule has 2 aromatic rings. The molecule has 108 valence electrons. The van der Waals surface area contributed by atoms with Gasteiger partial charge in [0, 0.05) is 17.1 Å². The van der Waals surface area contributed by atoms with E-state index < -0.39 is 0 Å². The predicted octanol–water partition coefficient (Wildman–Crippen LogP) is 3.74. The number of aromatic nitrogens is 1. The van der Waals surface area contributed by atoms with Crippen LogP contribution in [0.15, 0.2) is 30.5 Å². The molecule has 20 heavy (non-hydrogen) atoms. The van der Waals surface area contributed by atoms with E-state index in [1.165, 1.54) is 10.4 Å². The lowest BCUT2D eigenvalue weighted by Crippen LogP contribution is -2.30. The van der Waals surface area contributed by atoms with E-state index in [0.717, 1.165) is 17.2 Å². The summed E-state index contributed by atoms with van der Waals surface area (Å²) in [5.74, 6) is 0.957. The third-order valence-electron chi connectivity index (χ3n) is 3.26. The van der Waals surface area contributed by atoms with Crippen LogP contribution < -0.4 is 10.1 Å². The van der Waals surface area contributed by atoms with Gasteiger partial charge in [-0.1, -0.05) is 18.2 Å². The fraction of sp³-hybridized carbons (Fsp3) is 0.438. The maximum Gasteiger partial charge on any atom is 0.122 e. The second-order valence-electron chi connectivity index (χ2n) is 5.11. The standard InChI is InChI=1S/C16H22N2OS/c1-11(9-14-7-5-6-8-15(14)19-4)18-13(3)16-17-10-12(2)20-16/h5-8,10-11,13,18H,9H2,1-4H3/t11-,13+/m0/s1. The van der Waals surface area contributed by atoms with Crippen molar-refractivity contribution in [2.45, 2.75) is 39.3 Å². The molecule has 2 atom stereocenters. The van der Waals surface area contributed by atoms with Crippen molar-refractivity contribution in [3.8, 4) is 5.75 Å². The largest absolute Gasteiger partial charge is 0.496 e. The molecule has 1 aromatic heterocycles. The zero-order valence-electron chi connectivity index (χ0n) is 12.5. The number of hydrogen-bond acceptors (Lipinski definition) is 4. The van der Waals surface area contributed by atoms with E-state index in [-0.39, 0.29) is 6.04 Å². The highest BCUT2D eigenvalue weighted by atomic mass is 32.1. The molecule has 0 amide bonds. The number of nitrogens with zero attached hydrogens (tertiary/aromatic N) is 1. The number of para-hydroxylation sites is 1. The number of methoxy groups -OCH3 is 1. The first-order chi connectivity index (χ1) is 9.60. The molecular formula is C16H22N2OS. The van der Waals surface area contributed by atoms with Crippen molar-refractivity contribution in [3.63, 3.8) is 0 Å². The summed E-state index contributed by atoms with van der Waals surface area (Å²) in [7, 11) is 1.72. The molecule has 1 aromatic carbocycles. The molecule has 0 saturated carbocycles. The Labute approximate surface area is 125 Å². The van der Waals surface area contributed by atoms with Gasteiger partial charge in [0.05, 0.1) is 13.2 Å². The average molecular weight is 290 g/mol. The van der Waals surface area contributed by atoms with E-state index in [9.17, 15) is 0 Å². The van der Waals surface area contributed by atoms with Crippen LogP contribution in [-0.4, -0.2) is 18.1 Å². The van der Waals surface area contributed by atoms with Crippen molar-refractivity contribution in [1.82, 2.24) is 10.3 Å². The molecule has 1 N–H and O–H groups in total. The SMILES string of the molecule is COc1ccccc1C[C@H](C)N[C@H](C)c1ncc(C)s1. The third-order valence-corrected chi connectivity index (χ3v) is 4.36. The van der Waals surface area contributed by atoms with Crippen LogP contribution in [0.2, 0.25) is 0 Å². The third kappa shape index (κ3) is 3.81. The van der Waals surface area contributed by atoms with Crippen LogP contribution in [-0.2, 0) is 6.42 Å². The Morgan fingerprint density at radius 2 is 2.05 bits per heavy atom. The second-order valence-corrected chi connectivity index (χ2v) is 6.38. The van der Waals surface area contributed by atoms with Crippen molar-refractivity contribution < 1.29 is 4.74 Å². The first-order valence-electron chi connectivity index (χ1n) is 6.90. The lowest BCUT2D eigenvalue weighted by Gasteiger charge is -2.19. The second kappa shape index (κ2) is 6.86. The van der Waals surface area contributed by atoms with Crippen molar-refractivity contribution in [2.75, 3.05) is 7.11 Å². The highest BCUT2D eigenvalue weighted by Crippen LogP contribution is 2.22. The molecule has 0 aliphatic rings. The van der Waals surface area contributed by atoms with Gasteiger partial charge in [-0.15, -0.1) is 11.3 Å². The Bertz CT molecular complexity index is 553. The van der Waals surface area contributed by atoms with Gasteiger partial charge in [0.1, 0.15) is 10.8 Å². The minimum Gasteiger partial charge on any atom is -0.496 e. The van der Waals surface area contributed by atoms with Crippen LogP contribution in [0, 0.1) is 6.92 Å². The smallest absolute Gasteiger partial charge is 0.122 e. The van der Waals surface area contributed by atoms with E-state index in [2.05, 4.69) is 43.2 Å². The zero-order chi connectivity index (χ0) is 14.5. The van der Waals surface area contributed by atoms with Crippen molar-refractivity contribution in [3.05, 3.63) is 45.9 Å². The summed E-state index contributed by atoms with van der Waals surface area (Å²) in [6.07, 6.45) is 2.88. The van der Waals surface area contributed by atoms with E-state index in [0.29, 0.717) is 6.04 Å². The highest BCUT2D eigenvalue weighted by molar-refractivity contribution is 7.11. The number of hydrogen-bond donors (Lipinski definition) is 1. The molecule has 0 spiro atoms. The average Bonchev–Trinajstić information content (AvgIpc) is 2.86. The van der Waals surface area contributed by atoms with Crippen molar-refractivity contribution in [1.29, 1.82) is 0 Å². The minimum atomic E-state index is 0.276. The monoisotopic (exact) mass is 290 g/mol. The first kappa shape index (κ1) is 15.0. The fourth-order valence-corrected chi connectivity index (χ4v) is 3.12. The van der Waals surface area contributed by atoms with Crippen LogP contribution in [0.3, 0.4) is 0 Å². The summed E-state index contributed by atoms with van der Waals surface area (Å²) in [5, 5.41) is 4.75. The van der Waals surface area contributed by atoms with Crippen LogP contribution in [0.4, 0.5) is 0 Å². The van der Waals surface area contributed by atoms with Gasteiger partial charge in [0.2, 0.25) is 0 Å². The lowest BCUT2D eigenvalue weighted by molar-refractivity contribution is 0.403. The molecule has 0 radical (unpaired) electrons. The topological polar surface area (TPSA) is 34.1 Å². The summed E-state index contributed by atoms with van der Waals surface area (Å²) in [5.41, 5.74) is 1.23. The molecule has 0 bridgehead atoms. The van der Waals surface area contributed by atoms with Gasteiger partial charge >= 0.3 is 0 Å². The van der Waals surface area contributed by atoms with Crippen LogP contribution >= 0.6 is 11.3 Å². The van der Waals surface area contributed by atoms with Gasteiger partial charge < -0.3 is 10.1 Å². The molecule has 0 fully saturated rings. The van der Waals surface area contributed by atoms with Gasteiger partial charge in [-0.3, -0.25) is 0 Å². The molecule has 0 saturated heterocycles. The number of nitrogens with one attached hydrogen (secondary N) is 1. The molecule has 0 aliphatic carbocycles. The minimum absolute atomic E-state index is 0.276. The van der Waals surface area contributed by atoms with Gasteiger partial charge in [0.15, 0.2) is 0 Å². The molecule has 4 heteroatoms. The Balaban J connectivity index is 1.96. The van der Waals surface area contributed by atoms with E-state index >= 15 is 0 Å². The molecule has 0 unspecified atom stereocenters. The summed E-state index contributed by atoms with van der Waals surface area (Å²) in [6.45, 7) is 6.45. The van der Waals surface area contributed by atoms with Gasteiger partial charge in [-0.05, 0) is 38.8 Å². The number of benzene rings is 1. The van der Waals surface area contributed by atoms with Crippen LogP contribution in [0.1, 0.15) is 35.3 Å². The summed E-state index contributed by atoms with van der Waals surface area (Å²) in [4.78, 5) is 5.70. The molecule has 1 heterocycles. The van der Waals surface area contributed by atoms with E-state index in [4.69, 9.17) is 4.74 Å². The summed E-state index contributed by atoms with van der Waals surface area (Å²) < 4.78 is 5.40. The number of ether oxygens (including phenoxy) is 1. The number of rotatable bonds is 6. The molecule has 0 aliphatic heterocycles. The van der Waals surface area contributed by atoms with Gasteiger partial charge in [-0.25, -0.2) is 4.98 Å². The molecular weight excluding hydrogens is 268 g/mol. The molecule has 2 rings (SSSR count). The van der Waals surface area contributed by atoms with E-state index in [1.54, 1.807) is 18.4 Å². The van der Waals surface area contributed by atoms with Gasteiger partial charge in [-0.2, -0.15) is 0 Å². The maximum atomic E-state index is 5.40. The quantitative estimate of drug-likeness (QED) is 0.880.